The van der Waals surface area contributed by atoms with Gasteiger partial charge in [0.25, 0.3) is 5.91 Å². The molecule has 0 spiro atoms. The number of hydrogen-bond acceptors (Lipinski definition) is 4. The number of hydrogen-bond donors (Lipinski definition) is 1. The van der Waals surface area contributed by atoms with Crippen molar-refractivity contribution in [3.8, 4) is 0 Å². The van der Waals surface area contributed by atoms with Crippen molar-refractivity contribution >= 4 is 23.4 Å². The van der Waals surface area contributed by atoms with Gasteiger partial charge >= 0.3 is 0 Å². The molecule has 2 fully saturated rings. The number of piperidine rings is 2. The number of benzene rings is 1. The molecule has 3 aliphatic heterocycles. The zero-order chi connectivity index (χ0) is 19.1. The van der Waals surface area contributed by atoms with Gasteiger partial charge < -0.3 is 9.80 Å². The molecular weight excluding hydrogens is 342 g/mol. The van der Waals surface area contributed by atoms with Crippen molar-refractivity contribution in [3.05, 3.63) is 29.3 Å². The van der Waals surface area contributed by atoms with Gasteiger partial charge in [0.2, 0.25) is 11.8 Å². The first kappa shape index (κ1) is 18.0. The van der Waals surface area contributed by atoms with Crippen molar-refractivity contribution in [3.63, 3.8) is 0 Å². The number of carbonyl (C=O) groups excluding carboxylic acids is 3. The second kappa shape index (κ2) is 6.98. The largest absolute Gasteiger partial charge is 0.372 e. The number of amides is 3. The lowest BCUT2D eigenvalue weighted by Gasteiger charge is -2.35. The SMILES string of the molecule is CC(C)C1CCN(c2ccc3c(c2)CN(C2CCC(=O)NC2=O)C3=O)CC1. The zero-order valence-corrected chi connectivity index (χ0v) is 16.0. The summed E-state index contributed by atoms with van der Waals surface area (Å²) in [5, 5.41) is 2.35. The fraction of sp³-hybridized carbons (Fsp3) is 0.571. The molecule has 1 atom stereocenters. The van der Waals surface area contributed by atoms with Gasteiger partial charge in [-0.15, -0.1) is 0 Å². The minimum atomic E-state index is -0.548. The summed E-state index contributed by atoms with van der Waals surface area (Å²) in [7, 11) is 0. The number of nitrogens with zero attached hydrogens (tertiary/aromatic N) is 2. The van der Waals surface area contributed by atoms with Crippen molar-refractivity contribution in [2.75, 3.05) is 18.0 Å². The smallest absolute Gasteiger partial charge is 0.255 e. The van der Waals surface area contributed by atoms with E-state index in [4.69, 9.17) is 0 Å². The quantitative estimate of drug-likeness (QED) is 0.830. The summed E-state index contributed by atoms with van der Waals surface area (Å²) in [6.07, 6.45) is 3.10. The molecule has 3 amide bonds. The summed E-state index contributed by atoms with van der Waals surface area (Å²) in [4.78, 5) is 40.3. The topological polar surface area (TPSA) is 69.7 Å². The van der Waals surface area contributed by atoms with Crippen LogP contribution in [0.1, 0.15) is 55.5 Å². The van der Waals surface area contributed by atoms with E-state index in [1.807, 2.05) is 12.1 Å². The molecule has 1 aromatic carbocycles. The highest BCUT2D eigenvalue weighted by molar-refractivity contribution is 6.05. The van der Waals surface area contributed by atoms with Crippen LogP contribution < -0.4 is 10.2 Å². The molecule has 1 N–H and O–H groups in total. The molecule has 0 bridgehead atoms. The Bertz CT molecular complexity index is 781. The maximum absolute atomic E-state index is 12.8. The predicted octanol–water partition coefficient (Wildman–Crippen LogP) is 2.32. The van der Waals surface area contributed by atoms with E-state index in [0.29, 0.717) is 18.5 Å². The molecule has 3 aliphatic rings. The standard InChI is InChI=1S/C21H27N3O3/c1-13(2)14-7-9-23(10-8-14)16-3-4-17-15(11-16)12-24(21(17)27)18-5-6-19(25)22-20(18)26/h3-4,11,13-14,18H,5-10,12H2,1-2H3,(H,22,25,26). The van der Waals surface area contributed by atoms with Crippen molar-refractivity contribution in [1.29, 1.82) is 0 Å². The number of rotatable bonds is 3. The third-order valence-electron chi connectivity index (χ3n) is 6.35. The number of carbonyl (C=O) groups is 3. The van der Waals surface area contributed by atoms with Gasteiger partial charge in [-0.1, -0.05) is 13.8 Å². The Balaban J connectivity index is 1.48. The maximum Gasteiger partial charge on any atom is 0.255 e. The van der Waals surface area contributed by atoms with E-state index >= 15 is 0 Å². The summed E-state index contributed by atoms with van der Waals surface area (Å²) < 4.78 is 0. The van der Waals surface area contributed by atoms with E-state index < -0.39 is 6.04 Å². The van der Waals surface area contributed by atoms with Gasteiger partial charge in [0.1, 0.15) is 6.04 Å². The highest BCUT2D eigenvalue weighted by atomic mass is 16.2. The van der Waals surface area contributed by atoms with Crippen molar-refractivity contribution in [2.45, 2.75) is 52.1 Å². The second-order valence-electron chi connectivity index (χ2n) is 8.31. The van der Waals surface area contributed by atoms with Gasteiger partial charge in [-0.05, 0) is 54.9 Å². The van der Waals surface area contributed by atoms with Crippen molar-refractivity contribution < 1.29 is 14.4 Å². The molecule has 4 rings (SSSR count). The maximum atomic E-state index is 12.8. The van der Waals surface area contributed by atoms with E-state index in [9.17, 15) is 14.4 Å². The van der Waals surface area contributed by atoms with Gasteiger partial charge in [0.05, 0.1) is 0 Å². The third-order valence-corrected chi connectivity index (χ3v) is 6.35. The summed E-state index contributed by atoms with van der Waals surface area (Å²) in [5.41, 5.74) is 2.82. The molecule has 1 unspecified atom stereocenters. The number of nitrogens with one attached hydrogen (secondary N) is 1. The number of imide groups is 1. The Morgan fingerprint density at radius 3 is 2.48 bits per heavy atom. The average Bonchev–Trinajstić information content (AvgIpc) is 2.98. The lowest BCUT2D eigenvalue weighted by atomic mass is 9.86. The zero-order valence-electron chi connectivity index (χ0n) is 16.0. The number of anilines is 1. The molecule has 6 heteroatoms. The summed E-state index contributed by atoms with van der Waals surface area (Å²) >= 11 is 0. The van der Waals surface area contributed by atoms with Gasteiger partial charge in [0, 0.05) is 37.3 Å². The molecule has 27 heavy (non-hydrogen) atoms. The molecule has 3 heterocycles. The van der Waals surface area contributed by atoms with Crippen LogP contribution in [0.4, 0.5) is 5.69 Å². The number of fused-ring (bicyclic) bond motifs is 1. The van der Waals surface area contributed by atoms with E-state index in [-0.39, 0.29) is 24.1 Å². The van der Waals surface area contributed by atoms with Gasteiger partial charge in [-0.25, -0.2) is 0 Å². The normalized spacial score (nSPS) is 23.8. The molecule has 2 saturated heterocycles. The monoisotopic (exact) mass is 369 g/mol. The van der Waals surface area contributed by atoms with Crippen LogP contribution in [-0.4, -0.2) is 41.8 Å². The Labute approximate surface area is 159 Å². The minimum Gasteiger partial charge on any atom is -0.372 e. The Hall–Kier alpha value is -2.37. The van der Waals surface area contributed by atoms with E-state index in [0.717, 1.165) is 36.2 Å². The Kier molecular flexibility index (Phi) is 4.66. The molecule has 0 aliphatic carbocycles. The fourth-order valence-electron chi connectivity index (χ4n) is 4.58. The summed E-state index contributed by atoms with van der Waals surface area (Å²) in [5.74, 6) is 0.799. The molecule has 0 saturated carbocycles. The lowest BCUT2D eigenvalue weighted by molar-refractivity contribution is -0.136. The first-order valence-electron chi connectivity index (χ1n) is 9.96. The van der Waals surface area contributed by atoms with E-state index in [1.165, 1.54) is 12.8 Å². The minimum absolute atomic E-state index is 0.107. The van der Waals surface area contributed by atoms with Crippen LogP contribution in [-0.2, 0) is 16.1 Å². The Morgan fingerprint density at radius 2 is 1.81 bits per heavy atom. The van der Waals surface area contributed by atoms with Crippen molar-refractivity contribution in [1.82, 2.24) is 10.2 Å². The van der Waals surface area contributed by atoms with Crippen LogP contribution in [0.2, 0.25) is 0 Å². The molecule has 6 nitrogen and oxygen atoms in total. The third kappa shape index (κ3) is 3.33. The van der Waals surface area contributed by atoms with Crippen LogP contribution in [0, 0.1) is 11.8 Å². The van der Waals surface area contributed by atoms with Gasteiger partial charge in [-0.3, -0.25) is 19.7 Å². The van der Waals surface area contributed by atoms with Gasteiger partial charge in [-0.2, -0.15) is 0 Å². The van der Waals surface area contributed by atoms with Crippen LogP contribution in [0.15, 0.2) is 18.2 Å². The van der Waals surface area contributed by atoms with Crippen LogP contribution in [0.3, 0.4) is 0 Å². The lowest BCUT2D eigenvalue weighted by Crippen LogP contribution is -2.52. The first-order chi connectivity index (χ1) is 12.9. The molecule has 144 valence electrons. The predicted molar refractivity (Wildman–Crippen MR) is 102 cm³/mol. The van der Waals surface area contributed by atoms with E-state index in [1.54, 1.807) is 4.90 Å². The highest BCUT2D eigenvalue weighted by Crippen LogP contribution is 2.33. The second-order valence-corrected chi connectivity index (χ2v) is 8.31. The van der Waals surface area contributed by atoms with Crippen molar-refractivity contribution in [2.24, 2.45) is 11.8 Å². The summed E-state index contributed by atoms with van der Waals surface area (Å²) in [6.45, 7) is 7.13. The first-order valence-corrected chi connectivity index (χ1v) is 9.96. The van der Waals surface area contributed by atoms with E-state index in [2.05, 4.69) is 30.1 Å². The average molecular weight is 369 g/mol. The molecule has 1 aromatic rings. The molecular formula is C21H27N3O3. The van der Waals surface area contributed by atoms with Gasteiger partial charge in [0.15, 0.2) is 0 Å². The Morgan fingerprint density at radius 1 is 1.07 bits per heavy atom. The van der Waals surface area contributed by atoms with Crippen LogP contribution in [0.25, 0.3) is 0 Å². The highest BCUT2D eigenvalue weighted by Gasteiger charge is 2.39. The fourth-order valence-corrected chi connectivity index (χ4v) is 4.58. The molecule has 0 radical (unpaired) electrons. The van der Waals surface area contributed by atoms with Crippen LogP contribution in [0.5, 0.6) is 0 Å². The van der Waals surface area contributed by atoms with Crippen LogP contribution >= 0.6 is 0 Å². The molecule has 0 aromatic heterocycles. The summed E-state index contributed by atoms with van der Waals surface area (Å²) in [6, 6.07) is 5.48.